The molecule has 0 amide bonds. The topological polar surface area (TPSA) is 52.0 Å². The van der Waals surface area contributed by atoms with E-state index in [1.165, 1.54) is 5.56 Å². The molecule has 1 saturated heterocycles. The number of alkyl halides is 2. The third-order valence-corrected chi connectivity index (χ3v) is 8.20. The van der Waals surface area contributed by atoms with Crippen molar-refractivity contribution in [3.05, 3.63) is 18.0 Å². The first kappa shape index (κ1) is 16.5. The zero-order valence-corrected chi connectivity index (χ0v) is 15.5. The molecule has 0 aromatic carbocycles. The highest BCUT2D eigenvalue weighted by molar-refractivity contribution is 9.09. The van der Waals surface area contributed by atoms with E-state index < -0.39 is 9.84 Å². The quantitative estimate of drug-likeness (QED) is 0.655. The molecule has 7 heteroatoms. The van der Waals surface area contributed by atoms with Crippen LogP contribution in [0.1, 0.15) is 18.9 Å². The van der Waals surface area contributed by atoms with Crippen molar-refractivity contribution in [1.29, 1.82) is 0 Å². The van der Waals surface area contributed by atoms with E-state index in [0.29, 0.717) is 11.5 Å². The summed E-state index contributed by atoms with van der Waals surface area (Å²) in [5.74, 6) is 0.843. The lowest BCUT2D eigenvalue weighted by Gasteiger charge is -2.35. The lowest BCUT2D eigenvalue weighted by Crippen LogP contribution is -2.37. The molecule has 2 heterocycles. The molecule has 4 nitrogen and oxygen atoms in total. The fraction of sp³-hybridized carbons (Fsp3) is 0.769. The maximum atomic E-state index is 11.8. The van der Waals surface area contributed by atoms with Gasteiger partial charge in [-0.1, -0.05) is 31.9 Å². The molecule has 1 unspecified atom stereocenters. The number of aryl methyl sites for hydroxylation is 1. The minimum atomic E-state index is -2.85. The average molecular weight is 428 g/mol. The first-order chi connectivity index (χ1) is 9.44. The van der Waals surface area contributed by atoms with Gasteiger partial charge in [0.05, 0.1) is 17.7 Å². The molecular weight excluding hydrogens is 408 g/mol. The second-order valence-electron chi connectivity index (χ2n) is 5.61. The van der Waals surface area contributed by atoms with Crippen molar-refractivity contribution in [2.24, 2.45) is 11.3 Å². The lowest BCUT2D eigenvalue weighted by atomic mass is 9.74. The molecule has 1 aliphatic heterocycles. The molecule has 0 spiro atoms. The van der Waals surface area contributed by atoms with Crippen LogP contribution in [0.25, 0.3) is 0 Å². The Kier molecular flexibility index (Phi) is 5.34. The number of rotatable bonds is 6. The van der Waals surface area contributed by atoms with Crippen molar-refractivity contribution in [3.8, 4) is 0 Å². The van der Waals surface area contributed by atoms with Gasteiger partial charge in [-0.05, 0) is 36.7 Å². The Hall–Kier alpha value is 0.120. The van der Waals surface area contributed by atoms with Gasteiger partial charge in [-0.25, -0.2) is 8.42 Å². The van der Waals surface area contributed by atoms with Crippen molar-refractivity contribution in [2.45, 2.75) is 26.3 Å². The summed E-state index contributed by atoms with van der Waals surface area (Å²) in [6, 6.07) is 0. The van der Waals surface area contributed by atoms with E-state index in [1.807, 2.05) is 10.9 Å². The van der Waals surface area contributed by atoms with Gasteiger partial charge in [0.1, 0.15) is 0 Å². The van der Waals surface area contributed by atoms with Crippen LogP contribution in [0, 0.1) is 11.3 Å². The van der Waals surface area contributed by atoms with Gasteiger partial charge in [-0.2, -0.15) is 5.10 Å². The van der Waals surface area contributed by atoms with Crippen molar-refractivity contribution in [1.82, 2.24) is 9.78 Å². The number of aromatic nitrogens is 2. The summed E-state index contributed by atoms with van der Waals surface area (Å²) < 4.78 is 25.5. The normalized spacial score (nSPS) is 22.2. The predicted octanol–water partition coefficient (Wildman–Crippen LogP) is 2.66. The van der Waals surface area contributed by atoms with Crippen molar-refractivity contribution in [3.63, 3.8) is 0 Å². The molecule has 20 heavy (non-hydrogen) atoms. The molecule has 0 bridgehead atoms. The van der Waals surface area contributed by atoms with Crippen molar-refractivity contribution >= 4 is 41.7 Å². The third-order valence-electron chi connectivity index (χ3n) is 4.20. The standard InChI is InChI=1S/C13H20Br2N2O2S/c1-2-17-7-11(6-16-17)5-13(9-14,10-15)12-3-4-20(18,19)8-12/h6-7,12H,2-5,8-10H2,1H3. The SMILES string of the molecule is CCn1cc(CC(CBr)(CBr)C2CCS(=O)(=O)C2)cn1. The van der Waals surface area contributed by atoms with Gasteiger partial charge in [0.25, 0.3) is 0 Å². The molecule has 1 aromatic rings. The molecule has 0 saturated carbocycles. The summed E-state index contributed by atoms with van der Waals surface area (Å²) in [6.45, 7) is 2.91. The molecule has 0 aliphatic carbocycles. The van der Waals surface area contributed by atoms with Crippen LogP contribution >= 0.6 is 31.9 Å². The molecule has 0 N–H and O–H groups in total. The highest BCUT2D eigenvalue weighted by Gasteiger charge is 2.43. The first-order valence-corrected chi connectivity index (χ1v) is 10.8. The van der Waals surface area contributed by atoms with Crippen molar-refractivity contribution in [2.75, 3.05) is 22.2 Å². The predicted molar refractivity (Wildman–Crippen MR) is 88.4 cm³/mol. The van der Waals surface area contributed by atoms with Gasteiger partial charge in [0.15, 0.2) is 9.84 Å². The number of nitrogens with zero attached hydrogens (tertiary/aromatic N) is 2. The second kappa shape index (κ2) is 6.48. The largest absolute Gasteiger partial charge is 0.273 e. The average Bonchev–Trinajstić information content (AvgIpc) is 3.02. The lowest BCUT2D eigenvalue weighted by molar-refractivity contribution is 0.253. The number of halogens is 2. The van der Waals surface area contributed by atoms with E-state index in [0.717, 1.165) is 30.0 Å². The minimum absolute atomic E-state index is 0.0643. The van der Waals surface area contributed by atoms with E-state index in [1.54, 1.807) is 0 Å². The van der Waals surface area contributed by atoms with Gasteiger partial charge in [0.2, 0.25) is 0 Å². The smallest absolute Gasteiger partial charge is 0.150 e. The highest BCUT2D eigenvalue weighted by atomic mass is 79.9. The second-order valence-corrected chi connectivity index (χ2v) is 8.96. The fourth-order valence-corrected chi connectivity index (χ4v) is 7.03. The van der Waals surface area contributed by atoms with Crippen LogP contribution in [0.3, 0.4) is 0 Å². The molecule has 0 radical (unpaired) electrons. The zero-order chi connectivity index (χ0) is 14.8. The van der Waals surface area contributed by atoms with Crippen molar-refractivity contribution < 1.29 is 8.42 Å². The van der Waals surface area contributed by atoms with Crippen LogP contribution in [0.5, 0.6) is 0 Å². The fourth-order valence-electron chi connectivity index (χ4n) is 2.85. The third kappa shape index (κ3) is 3.47. The van der Waals surface area contributed by atoms with Gasteiger partial charge >= 0.3 is 0 Å². The van der Waals surface area contributed by atoms with Crippen LogP contribution in [0.2, 0.25) is 0 Å². The Labute approximate surface area is 137 Å². The summed E-state index contributed by atoms with van der Waals surface area (Å²) in [6.07, 6.45) is 5.57. The van der Waals surface area contributed by atoms with Gasteiger partial charge in [-0.15, -0.1) is 0 Å². The first-order valence-electron chi connectivity index (χ1n) is 6.78. The van der Waals surface area contributed by atoms with E-state index in [-0.39, 0.29) is 11.3 Å². The van der Waals surface area contributed by atoms with E-state index in [9.17, 15) is 8.42 Å². The Balaban J connectivity index is 2.21. The molecule has 1 fully saturated rings. The summed E-state index contributed by atoms with van der Waals surface area (Å²) in [7, 11) is -2.85. The zero-order valence-electron chi connectivity index (χ0n) is 11.6. The number of hydrogen-bond donors (Lipinski definition) is 0. The van der Waals surface area contributed by atoms with E-state index in [4.69, 9.17) is 0 Å². The van der Waals surface area contributed by atoms with Crippen LogP contribution in [-0.4, -0.2) is 40.4 Å². The molecule has 1 atom stereocenters. The Morgan fingerprint density at radius 2 is 2.15 bits per heavy atom. The maximum Gasteiger partial charge on any atom is 0.150 e. The highest BCUT2D eigenvalue weighted by Crippen LogP contribution is 2.41. The Morgan fingerprint density at radius 3 is 2.60 bits per heavy atom. The monoisotopic (exact) mass is 426 g/mol. The van der Waals surface area contributed by atoms with Gasteiger partial charge < -0.3 is 0 Å². The summed E-state index contributed by atoms with van der Waals surface area (Å²) in [4.78, 5) is 0. The van der Waals surface area contributed by atoms with Gasteiger partial charge in [0, 0.05) is 23.4 Å². The molecule has 1 aromatic heterocycles. The molecule has 2 rings (SSSR count). The molecule has 114 valence electrons. The number of hydrogen-bond acceptors (Lipinski definition) is 3. The molecular formula is C13H20Br2N2O2S. The summed E-state index contributed by atoms with van der Waals surface area (Å²) in [5, 5.41) is 5.90. The molecule has 1 aliphatic rings. The van der Waals surface area contributed by atoms with E-state index >= 15 is 0 Å². The van der Waals surface area contributed by atoms with Crippen LogP contribution in [-0.2, 0) is 22.8 Å². The van der Waals surface area contributed by atoms with Crippen LogP contribution in [0.4, 0.5) is 0 Å². The van der Waals surface area contributed by atoms with Gasteiger partial charge in [-0.3, -0.25) is 4.68 Å². The Bertz CT molecular complexity index is 552. The van der Waals surface area contributed by atoms with Crippen LogP contribution in [0.15, 0.2) is 12.4 Å². The summed E-state index contributed by atoms with van der Waals surface area (Å²) in [5.41, 5.74) is 1.11. The minimum Gasteiger partial charge on any atom is -0.273 e. The Morgan fingerprint density at radius 1 is 1.45 bits per heavy atom. The van der Waals surface area contributed by atoms with Crippen LogP contribution < -0.4 is 0 Å². The summed E-state index contributed by atoms with van der Waals surface area (Å²) >= 11 is 7.22. The van der Waals surface area contributed by atoms with E-state index in [2.05, 4.69) is 50.1 Å². The number of sulfone groups is 1. The maximum absolute atomic E-state index is 11.8.